The second kappa shape index (κ2) is 6.81. The summed E-state index contributed by atoms with van der Waals surface area (Å²) in [5, 5.41) is 3.19. The molecule has 2 aromatic carbocycles. The standard InChI is InChI=1S/C20H20N4O/c25-19-14-18(15-6-2-1-3-7-15)22-20(23-19)21-16-8-10-17(11-9-16)24-12-4-5-13-24/h1-3,6-11,14H,4-5,12-13H2,(H2,21,22,23,25). The van der Waals surface area contributed by atoms with Gasteiger partial charge in [-0.15, -0.1) is 0 Å². The summed E-state index contributed by atoms with van der Waals surface area (Å²) in [5.41, 5.74) is 3.53. The van der Waals surface area contributed by atoms with Crippen molar-refractivity contribution in [1.82, 2.24) is 9.97 Å². The Morgan fingerprint density at radius 3 is 2.40 bits per heavy atom. The van der Waals surface area contributed by atoms with Crippen LogP contribution in [-0.2, 0) is 0 Å². The molecule has 0 radical (unpaired) electrons. The highest BCUT2D eigenvalue weighted by atomic mass is 16.1. The number of rotatable bonds is 4. The van der Waals surface area contributed by atoms with Gasteiger partial charge in [-0.1, -0.05) is 30.3 Å². The SMILES string of the molecule is O=c1cc(-c2ccccc2)nc(Nc2ccc(N3CCCC3)cc2)[nH]1. The van der Waals surface area contributed by atoms with E-state index < -0.39 is 0 Å². The Bertz CT molecular complexity index is 897. The summed E-state index contributed by atoms with van der Waals surface area (Å²) in [6.45, 7) is 2.25. The van der Waals surface area contributed by atoms with Crippen molar-refractivity contribution < 1.29 is 0 Å². The average Bonchev–Trinajstić information content (AvgIpc) is 3.17. The Hall–Kier alpha value is -3.08. The predicted octanol–water partition coefficient (Wildman–Crippen LogP) is 3.78. The molecule has 1 aliphatic rings. The molecular weight excluding hydrogens is 312 g/mol. The fraction of sp³-hybridized carbons (Fsp3) is 0.200. The van der Waals surface area contributed by atoms with Crippen molar-refractivity contribution in [3.8, 4) is 11.3 Å². The number of aromatic amines is 1. The molecule has 0 saturated carbocycles. The van der Waals surface area contributed by atoms with E-state index in [0.717, 1.165) is 24.3 Å². The Morgan fingerprint density at radius 1 is 0.960 bits per heavy atom. The summed E-state index contributed by atoms with van der Waals surface area (Å²) < 4.78 is 0. The molecule has 25 heavy (non-hydrogen) atoms. The lowest BCUT2D eigenvalue weighted by molar-refractivity contribution is 0.949. The van der Waals surface area contributed by atoms with Gasteiger partial charge in [0.1, 0.15) is 0 Å². The molecule has 1 aromatic heterocycles. The molecule has 2 heterocycles. The van der Waals surface area contributed by atoms with Crippen LogP contribution >= 0.6 is 0 Å². The summed E-state index contributed by atoms with van der Waals surface area (Å²) >= 11 is 0. The first-order valence-electron chi connectivity index (χ1n) is 8.57. The Labute approximate surface area is 146 Å². The molecule has 1 aliphatic heterocycles. The number of H-pyrrole nitrogens is 1. The number of anilines is 3. The van der Waals surface area contributed by atoms with Crippen molar-refractivity contribution in [2.24, 2.45) is 0 Å². The zero-order chi connectivity index (χ0) is 17.1. The average molecular weight is 332 g/mol. The Kier molecular flexibility index (Phi) is 4.21. The van der Waals surface area contributed by atoms with E-state index in [0.29, 0.717) is 11.6 Å². The van der Waals surface area contributed by atoms with Gasteiger partial charge in [-0.3, -0.25) is 9.78 Å². The van der Waals surface area contributed by atoms with Crippen LogP contribution in [0, 0.1) is 0 Å². The third-order valence-electron chi connectivity index (χ3n) is 4.41. The van der Waals surface area contributed by atoms with Crippen molar-refractivity contribution in [1.29, 1.82) is 0 Å². The van der Waals surface area contributed by atoms with E-state index in [1.54, 1.807) is 0 Å². The summed E-state index contributed by atoms with van der Waals surface area (Å²) in [7, 11) is 0. The second-order valence-electron chi connectivity index (χ2n) is 6.21. The number of aromatic nitrogens is 2. The van der Waals surface area contributed by atoms with Gasteiger partial charge < -0.3 is 10.2 Å². The molecule has 1 fully saturated rings. The van der Waals surface area contributed by atoms with Crippen molar-refractivity contribution in [2.45, 2.75) is 12.8 Å². The first-order chi connectivity index (χ1) is 12.3. The van der Waals surface area contributed by atoms with Gasteiger partial charge in [-0.05, 0) is 37.1 Å². The van der Waals surface area contributed by atoms with Crippen molar-refractivity contribution in [3.63, 3.8) is 0 Å². The topological polar surface area (TPSA) is 61.0 Å². The second-order valence-corrected chi connectivity index (χ2v) is 6.21. The quantitative estimate of drug-likeness (QED) is 0.763. The first kappa shape index (κ1) is 15.4. The van der Waals surface area contributed by atoms with Crippen LogP contribution in [0.5, 0.6) is 0 Å². The van der Waals surface area contributed by atoms with E-state index in [9.17, 15) is 4.79 Å². The molecule has 0 aliphatic carbocycles. The van der Waals surface area contributed by atoms with E-state index in [4.69, 9.17) is 0 Å². The molecule has 0 unspecified atom stereocenters. The molecule has 0 amide bonds. The van der Waals surface area contributed by atoms with Crippen LogP contribution in [0.2, 0.25) is 0 Å². The van der Waals surface area contributed by atoms with Crippen LogP contribution in [0.4, 0.5) is 17.3 Å². The minimum atomic E-state index is -0.176. The fourth-order valence-corrected chi connectivity index (χ4v) is 3.14. The largest absolute Gasteiger partial charge is 0.372 e. The minimum Gasteiger partial charge on any atom is -0.372 e. The molecule has 2 N–H and O–H groups in total. The normalized spacial score (nSPS) is 13.8. The predicted molar refractivity (Wildman–Crippen MR) is 101 cm³/mol. The van der Waals surface area contributed by atoms with E-state index in [1.807, 2.05) is 42.5 Å². The molecule has 0 bridgehead atoms. The number of hydrogen-bond donors (Lipinski definition) is 2. The van der Waals surface area contributed by atoms with Gasteiger partial charge in [0.15, 0.2) is 0 Å². The van der Waals surface area contributed by atoms with Crippen molar-refractivity contribution in [2.75, 3.05) is 23.3 Å². The third-order valence-corrected chi connectivity index (χ3v) is 4.41. The summed E-state index contributed by atoms with van der Waals surface area (Å²) in [6.07, 6.45) is 2.52. The lowest BCUT2D eigenvalue weighted by atomic mass is 10.1. The molecule has 0 atom stereocenters. The maximum Gasteiger partial charge on any atom is 0.252 e. The lowest BCUT2D eigenvalue weighted by Gasteiger charge is -2.17. The van der Waals surface area contributed by atoms with Crippen LogP contribution in [-0.4, -0.2) is 23.1 Å². The molecule has 0 spiro atoms. The number of hydrogen-bond acceptors (Lipinski definition) is 4. The molecule has 4 rings (SSSR count). The lowest BCUT2D eigenvalue weighted by Crippen LogP contribution is -2.17. The summed E-state index contributed by atoms with van der Waals surface area (Å²) in [4.78, 5) is 21.6. The maximum atomic E-state index is 12.0. The van der Waals surface area contributed by atoms with Crippen molar-refractivity contribution >= 4 is 17.3 Å². The van der Waals surface area contributed by atoms with Crippen LogP contribution in [0.15, 0.2) is 65.5 Å². The Morgan fingerprint density at radius 2 is 1.68 bits per heavy atom. The molecule has 5 nitrogen and oxygen atoms in total. The van der Waals surface area contributed by atoms with Crippen LogP contribution in [0.25, 0.3) is 11.3 Å². The highest BCUT2D eigenvalue weighted by Gasteiger charge is 2.12. The zero-order valence-electron chi connectivity index (χ0n) is 13.9. The number of nitrogens with one attached hydrogen (secondary N) is 2. The Balaban J connectivity index is 1.56. The van der Waals surface area contributed by atoms with E-state index in [1.165, 1.54) is 24.6 Å². The van der Waals surface area contributed by atoms with Gasteiger partial charge >= 0.3 is 0 Å². The first-order valence-corrected chi connectivity index (χ1v) is 8.57. The summed E-state index contributed by atoms with van der Waals surface area (Å²) in [5.74, 6) is 0.445. The third kappa shape index (κ3) is 3.55. The smallest absolute Gasteiger partial charge is 0.252 e. The van der Waals surface area contributed by atoms with E-state index >= 15 is 0 Å². The number of benzene rings is 2. The van der Waals surface area contributed by atoms with Gasteiger partial charge in [0.2, 0.25) is 5.95 Å². The fourth-order valence-electron chi connectivity index (χ4n) is 3.14. The van der Waals surface area contributed by atoms with Crippen LogP contribution in [0.1, 0.15) is 12.8 Å². The minimum absolute atomic E-state index is 0.176. The molecule has 126 valence electrons. The van der Waals surface area contributed by atoms with Gasteiger partial charge in [0, 0.05) is 36.1 Å². The highest BCUT2D eigenvalue weighted by Crippen LogP contribution is 2.23. The molecule has 3 aromatic rings. The van der Waals surface area contributed by atoms with Crippen LogP contribution in [0.3, 0.4) is 0 Å². The van der Waals surface area contributed by atoms with Gasteiger partial charge in [-0.2, -0.15) is 0 Å². The van der Waals surface area contributed by atoms with Gasteiger partial charge in [-0.25, -0.2) is 4.98 Å². The molecule has 1 saturated heterocycles. The van der Waals surface area contributed by atoms with Crippen molar-refractivity contribution in [3.05, 3.63) is 71.0 Å². The monoisotopic (exact) mass is 332 g/mol. The zero-order valence-corrected chi connectivity index (χ0v) is 13.9. The molecule has 5 heteroatoms. The highest BCUT2D eigenvalue weighted by molar-refractivity contribution is 5.63. The van der Waals surface area contributed by atoms with Crippen LogP contribution < -0.4 is 15.8 Å². The van der Waals surface area contributed by atoms with E-state index in [2.05, 4.69) is 32.3 Å². The van der Waals surface area contributed by atoms with E-state index in [-0.39, 0.29) is 5.56 Å². The summed E-state index contributed by atoms with van der Waals surface area (Å²) in [6, 6.07) is 19.4. The maximum absolute atomic E-state index is 12.0. The molecular formula is C20H20N4O. The van der Waals surface area contributed by atoms with Gasteiger partial charge in [0.25, 0.3) is 5.56 Å². The van der Waals surface area contributed by atoms with Gasteiger partial charge in [0.05, 0.1) is 5.69 Å². The number of nitrogens with zero attached hydrogens (tertiary/aromatic N) is 2.